The zero-order valence-electron chi connectivity index (χ0n) is 11.7. The molecule has 0 aliphatic heterocycles. The highest BCUT2D eigenvalue weighted by atomic mass is 32.1. The number of nitrogens with one attached hydrogen (secondary N) is 1. The highest BCUT2D eigenvalue weighted by Crippen LogP contribution is 2.35. The molecule has 18 heavy (non-hydrogen) atoms. The number of hydrogen-bond acceptors (Lipinski definition) is 3. The Morgan fingerprint density at radius 1 is 1.44 bits per heavy atom. The summed E-state index contributed by atoms with van der Waals surface area (Å²) in [5.74, 6) is 0.774. The minimum Gasteiger partial charge on any atom is -0.315 e. The van der Waals surface area contributed by atoms with E-state index in [4.69, 9.17) is 0 Å². The Labute approximate surface area is 115 Å². The number of thiophene rings is 1. The van der Waals surface area contributed by atoms with E-state index in [0.29, 0.717) is 0 Å². The maximum atomic E-state index is 3.48. The van der Waals surface area contributed by atoms with Crippen molar-refractivity contribution >= 4 is 11.3 Å². The molecule has 0 amide bonds. The summed E-state index contributed by atoms with van der Waals surface area (Å²) in [6.45, 7) is 6.86. The van der Waals surface area contributed by atoms with Crippen LogP contribution >= 0.6 is 11.3 Å². The van der Waals surface area contributed by atoms with Gasteiger partial charge < -0.3 is 10.2 Å². The van der Waals surface area contributed by atoms with Crippen LogP contribution in [0.15, 0.2) is 11.4 Å². The van der Waals surface area contributed by atoms with E-state index in [1.165, 1.54) is 32.2 Å². The lowest BCUT2D eigenvalue weighted by Crippen LogP contribution is -2.33. The molecule has 0 fully saturated rings. The molecule has 1 aromatic heterocycles. The first-order chi connectivity index (χ1) is 8.81. The SMILES string of the molecule is CCCNCCN(C)CC1CCCc2sccc21. The third-order valence-electron chi connectivity index (χ3n) is 3.81. The van der Waals surface area contributed by atoms with Gasteiger partial charge in [-0.15, -0.1) is 11.3 Å². The topological polar surface area (TPSA) is 15.3 Å². The van der Waals surface area contributed by atoms with Crippen LogP contribution in [0.4, 0.5) is 0 Å². The fourth-order valence-electron chi connectivity index (χ4n) is 2.81. The molecule has 2 nitrogen and oxygen atoms in total. The number of hydrogen-bond donors (Lipinski definition) is 1. The summed E-state index contributed by atoms with van der Waals surface area (Å²) in [5.41, 5.74) is 1.64. The Kier molecular flexibility index (Phi) is 5.67. The molecule has 0 saturated heterocycles. The van der Waals surface area contributed by atoms with Crippen molar-refractivity contribution in [3.05, 3.63) is 21.9 Å². The number of aryl methyl sites for hydroxylation is 1. The van der Waals surface area contributed by atoms with E-state index in [1.807, 2.05) is 11.3 Å². The summed E-state index contributed by atoms with van der Waals surface area (Å²) in [4.78, 5) is 4.13. The van der Waals surface area contributed by atoms with Crippen molar-refractivity contribution in [2.75, 3.05) is 33.2 Å². The maximum absolute atomic E-state index is 3.48. The molecular formula is C15H26N2S. The molecule has 2 rings (SSSR count). The normalized spacial score (nSPS) is 19.2. The molecule has 0 bridgehead atoms. The number of nitrogens with zero attached hydrogens (tertiary/aromatic N) is 1. The van der Waals surface area contributed by atoms with Crippen LogP contribution in [-0.2, 0) is 6.42 Å². The highest BCUT2D eigenvalue weighted by molar-refractivity contribution is 7.10. The van der Waals surface area contributed by atoms with E-state index in [-0.39, 0.29) is 0 Å². The first-order valence-electron chi connectivity index (χ1n) is 7.26. The number of rotatable bonds is 7. The lowest BCUT2D eigenvalue weighted by atomic mass is 9.87. The second-order valence-corrected chi connectivity index (χ2v) is 6.40. The molecule has 1 aliphatic rings. The maximum Gasteiger partial charge on any atom is 0.0104 e. The van der Waals surface area contributed by atoms with Crippen LogP contribution in [0, 0.1) is 0 Å². The van der Waals surface area contributed by atoms with Crippen molar-refractivity contribution in [1.82, 2.24) is 10.2 Å². The largest absolute Gasteiger partial charge is 0.315 e. The third kappa shape index (κ3) is 3.81. The van der Waals surface area contributed by atoms with Crippen molar-refractivity contribution in [3.8, 4) is 0 Å². The van der Waals surface area contributed by atoms with Gasteiger partial charge in [0.15, 0.2) is 0 Å². The third-order valence-corrected chi connectivity index (χ3v) is 4.80. The van der Waals surface area contributed by atoms with Crippen molar-refractivity contribution in [2.45, 2.75) is 38.5 Å². The Morgan fingerprint density at radius 2 is 2.33 bits per heavy atom. The zero-order chi connectivity index (χ0) is 12.8. The number of fused-ring (bicyclic) bond motifs is 1. The molecule has 0 radical (unpaired) electrons. The average Bonchev–Trinajstić information content (AvgIpc) is 2.84. The summed E-state index contributed by atoms with van der Waals surface area (Å²) in [6, 6.07) is 2.35. The van der Waals surface area contributed by atoms with Gasteiger partial charge in [0, 0.05) is 24.5 Å². The molecule has 0 saturated carbocycles. The predicted octanol–water partition coefficient (Wildman–Crippen LogP) is 3.10. The minimum atomic E-state index is 0.774. The quantitative estimate of drug-likeness (QED) is 0.763. The first kappa shape index (κ1) is 14.0. The van der Waals surface area contributed by atoms with Gasteiger partial charge in [0.25, 0.3) is 0 Å². The highest BCUT2D eigenvalue weighted by Gasteiger charge is 2.21. The lowest BCUT2D eigenvalue weighted by Gasteiger charge is -2.27. The Hall–Kier alpha value is -0.380. The van der Waals surface area contributed by atoms with Gasteiger partial charge in [-0.05, 0) is 62.2 Å². The van der Waals surface area contributed by atoms with Gasteiger partial charge in [0.05, 0.1) is 0 Å². The van der Waals surface area contributed by atoms with E-state index < -0.39 is 0 Å². The van der Waals surface area contributed by atoms with E-state index >= 15 is 0 Å². The summed E-state index contributed by atoms with van der Waals surface area (Å²) in [7, 11) is 2.26. The van der Waals surface area contributed by atoms with Crippen LogP contribution in [-0.4, -0.2) is 38.1 Å². The predicted molar refractivity (Wildman–Crippen MR) is 80.7 cm³/mol. The molecule has 1 unspecified atom stereocenters. The number of likely N-dealkylation sites (N-methyl/N-ethyl adjacent to an activating group) is 1. The van der Waals surface area contributed by atoms with E-state index in [9.17, 15) is 0 Å². The molecule has 0 aromatic carbocycles. The van der Waals surface area contributed by atoms with Crippen molar-refractivity contribution in [2.24, 2.45) is 0 Å². The Bertz CT molecular complexity index is 348. The lowest BCUT2D eigenvalue weighted by molar-refractivity contribution is 0.297. The van der Waals surface area contributed by atoms with Crippen LogP contribution < -0.4 is 5.32 Å². The molecule has 1 N–H and O–H groups in total. The molecule has 1 aliphatic carbocycles. The fourth-order valence-corrected chi connectivity index (χ4v) is 3.82. The van der Waals surface area contributed by atoms with E-state index in [1.54, 1.807) is 10.4 Å². The molecular weight excluding hydrogens is 240 g/mol. The summed E-state index contributed by atoms with van der Waals surface area (Å²) >= 11 is 1.95. The van der Waals surface area contributed by atoms with Crippen molar-refractivity contribution in [1.29, 1.82) is 0 Å². The first-order valence-corrected chi connectivity index (χ1v) is 8.14. The molecule has 0 spiro atoms. The van der Waals surface area contributed by atoms with Crippen LogP contribution in [0.25, 0.3) is 0 Å². The molecule has 1 aromatic rings. The van der Waals surface area contributed by atoms with Crippen molar-refractivity contribution in [3.63, 3.8) is 0 Å². The minimum absolute atomic E-state index is 0.774. The van der Waals surface area contributed by atoms with Gasteiger partial charge in [0.2, 0.25) is 0 Å². The standard InChI is InChI=1S/C15H26N2S/c1-3-8-16-9-10-17(2)12-13-5-4-6-15-14(13)7-11-18-15/h7,11,13,16H,3-6,8-10,12H2,1-2H3. The fraction of sp³-hybridized carbons (Fsp3) is 0.733. The molecule has 3 heteroatoms. The molecule has 102 valence electrons. The van der Waals surface area contributed by atoms with Gasteiger partial charge in [-0.25, -0.2) is 0 Å². The van der Waals surface area contributed by atoms with Gasteiger partial charge >= 0.3 is 0 Å². The van der Waals surface area contributed by atoms with E-state index in [0.717, 1.165) is 25.6 Å². The monoisotopic (exact) mass is 266 g/mol. The molecule has 1 heterocycles. The second kappa shape index (κ2) is 7.27. The van der Waals surface area contributed by atoms with Crippen LogP contribution in [0.1, 0.15) is 42.5 Å². The Balaban J connectivity index is 1.76. The van der Waals surface area contributed by atoms with Crippen LogP contribution in [0.2, 0.25) is 0 Å². The summed E-state index contributed by atoms with van der Waals surface area (Å²) < 4.78 is 0. The van der Waals surface area contributed by atoms with E-state index in [2.05, 4.69) is 35.6 Å². The van der Waals surface area contributed by atoms with Gasteiger partial charge in [-0.2, -0.15) is 0 Å². The summed E-state index contributed by atoms with van der Waals surface area (Å²) in [6.07, 6.45) is 5.28. The smallest absolute Gasteiger partial charge is 0.0104 e. The van der Waals surface area contributed by atoms with Gasteiger partial charge in [-0.3, -0.25) is 0 Å². The second-order valence-electron chi connectivity index (χ2n) is 5.40. The van der Waals surface area contributed by atoms with Gasteiger partial charge in [-0.1, -0.05) is 6.92 Å². The summed E-state index contributed by atoms with van der Waals surface area (Å²) in [5, 5.41) is 5.75. The van der Waals surface area contributed by atoms with Crippen molar-refractivity contribution < 1.29 is 0 Å². The van der Waals surface area contributed by atoms with Crippen LogP contribution in [0.3, 0.4) is 0 Å². The van der Waals surface area contributed by atoms with Gasteiger partial charge in [0.1, 0.15) is 0 Å². The zero-order valence-corrected chi connectivity index (χ0v) is 12.6. The van der Waals surface area contributed by atoms with Crippen LogP contribution in [0.5, 0.6) is 0 Å². The Morgan fingerprint density at radius 3 is 3.17 bits per heavy atom. The average molecular weight is 266 g/mol. The molecule has 1 atom stereocenters.